The van der Waals surface area contributed by atoms with E-state index in [1.165, 1.54) is 22.7 Å². The Labute approximate surface area is 183 Å². The van der Waals surface area contributed by atoms with Crippen molar-refractivity contribution >= 4 is 44.6 Å². The number of hydrogen-bond acceptors (Lipinski definition) is 6. The fourth-order valence-corrected chi connectivity index (χ4v) is 4.58. The van der Waals surface area contributed by atoms with E-state index < -0.39 is 0 Å². The Balaban J connectivity index is 1.40. The van der Waals surface area contributed by atoms with Gasteiger partial charge >= 0.3 is 0 Å². The quantitative estimate of drug-likeness (QED) is 0.479. The SMILES string of the molecule is CCCOc1ccc(-c2csc(NC(=O)c3sc(NC(=O)C4CC4)cc3C)n2)cc1. The largest absolute Gasteiger partial charge is 0.494 e. The number of ether oxygens (including phenoxy) is 1. The molecule has 1 fully saturated rings. The van der Waals surface area contributed by atoms with E-state index in [4.69, 9.17) is 4.74 Å². The molecule has 2 N–H and O–H groups in total. The molecule has 2 aromatic heterocycles. The number of nitrogens with one attached hydrogen (secondary N) is 2. The first kappa shape index (κ1) is 20.6. The fraction of sp³-hybridized carbons (Fsp3) is 0.318. The number of thiazole rings is 1. The second-order valence-corrected chi connectivity index (χ2v) is 9.16. The predicted molar refractivity (Wildman–Crippen MR) is 122 cm³/mol. The molecule has 8 heteroatoms. The van der Waals surface area contributed by atoms with Gasteiger partial charge in [-0.15, -0.1) is 22.7 Å². The molecule has 1 saturated carbocycles. The van der Waals surface area contributed by atoms with Crippen LogP contribution in [0.3, 0.4) is 0 Å². The monoisotopic (exact) mass is 441 g/mol. The number of thiophene rings is 1. The maximum atomic E-state index is 12.7. The van der Waals surface area contributed by atoms with E-state index in [0.29, 0.717) is 21.6 Å². The molecule has 6 nitrogen and oxygen atoms in total. The van der Waals surface area contributed by atoms with Crippen molar-refractivity contribution < 1.29 is 14.3 Å². The van der Waals surface area contributed by atoms with Crippen molar-refractivity contribution in [3.63, 3.8) is 0 Å². The number of aromatic nitrogens is 1. The van der Waals surface area contributed by atoms with Crippen LogP contribution in [-0.4, -0.2) is 23.4 Å². The molecular weight excluding hydrogens is 418 g/mol. The number of carbonyl (C=O) groups is 2. The lowest BCUT2D eigenvalue weighted by atomic mass is 10.2. The Morgan fingerprint density at radius 1 is 1.20 bits per heavy atom. The normalized spacial score (nSPS) is 13.1. The van der Waals surface area contributed by atoms with Crippen molar-refractivity contribution in [2.75, 3.05) is 17.2 Å². The third kappa shape index (κ3) is 4.88. The topological polar surface area (TPSA) is 80.3 Å². The Morgan fingerprint density at radius 2 is 1.97 bits per heavy atom. The van der Waals surface area contributed by atoms with Gasteiger partial charge in [0.05, 0.1) is 22.2 Å². The van der Waals surface area contributed by atoms with E-state index in [2.05, 4.69) is 22.5 Å². The van der Waals surface area contributed by atoms with Gasteiger partial charge in [0.25, 0.3) is 5.91 Å². The molecule has 0 atom stereocenters. The van der Waals surface area contributed by atoms with Crippen LogP contribution < -0.4 is 15.4 Å². The molecule has 2 heterocycles. The molecule has 4 rings (SSSR count). The summed E-state index contributed by atoms with van der Waals surface area (Å²) in [5.74, 6) is 0.792. The molecule has 0 radical (unpaired) electrons. The highest BCUT2D eigenvalue weighted by molar-refractivity contribution is 7.18. The summed E-state index contributed by atoms with van der Waals surface area (Å²) in [4.78, 5) is 29.8. The highest BCUT2D eigenvalue weighted by Crippen LogP contribution is 2.33. The third-order valence-corrected chi connectivity index (χ3v) is 6.58. The van der Waals surface area contributed by atoms with Crippen LogP contribution in [0.5, 0.6) is 5.75 Å². The van der Waals surface area contributed by atoms with Crippen LogP contribution in [0.15, 0.2) is 35.7 Å². The molecule has 0 unspecified atom stereocenters. The second kappa shape index (κ2) is 8.97. The molecule has 30 heavy (non-hydrogen) atoms. The van der Waals surface area contributed by atoms with E-state index in [-0.39, 0.29) is 17.7 Å². The van der Waals surface area contributed by atoms with Crippen LogP contribution >= 0.6 is 22.7 Å². The van der Waals surface area contributed by atoms with Crippen LogP contribution in [0.1, 0.15) is 41.4 Å². The zero-order valence-corrected chi connectivity index (χ0v) is 18.5. The Hall–Kier alpha value is -2.71. The predicted octanol–water partition coefficient (Wildman–Crippen LogP) is 5.57. The summed E-state index contributed by atoms with van der Waals surface area (Å²) in [5, 5.41) is 8.94. The van der Waals surface area contributed by atoms with Gasteiger partial charge in [0.2, 0.25) is 5.91 Å². The van der Waals surface area contributed by atoms with Crippen molar-refractivity contribution in [3.05, 3.63) is 46.2 Å². The summed E-state index contributed by atoms with van der Waals surface area (Å²) >= 11 is 2.67. The lowest BCUT2D eigenvalue weighted by Crippen LogP contribution is -2.12. The minimum Gasteiger partial charge on any atom is -0.494 e. The van der Waals surface area contributed by atoms with Crippen LogP contribution in [0, 0.1) is 12.8 Å². The third-order valence-electron chi connectivity index (χ3n) is 4.67. The number of carbonyl (C=O) groups excluding carboxylic acids is 2. The van der Waals surface area contributed by atoms with Gasteiger partial charge in [-0.25, -0.2) is 4.98 Å². The van der Waals surface area contributed by atoms with E-state index >= 15 is 0 Å². The zero-order chi connectivity index (χ0) is 21.1. The first-order valence-corrected chi connectivity index (χ1v) is 11.6. The summed E-state index contributed by atoms with van der Waals surface area (Å²) in [5.41, 5.74) is 2.61. The lowest BCUT2D eigenvalue weighted by molar-refractivity contribution is -0.117. The van der Waals surface area contributed by atoms with E-state index in [1.807, 2.05) is 42.6 Å². The molecule has 0 spiro atoms. The summed E-state index contributed by atoms with van der Waals surface area (Å²) in [7, 11) is 0. The van der Waals surface area contributed by atoms with Crippen LogP contribution in [0.4, 0.5) is 10.1 Å². The van der Waals surface area contributed by atoms with Crippen LogP contribution in [0.25, 0.3) is 11.3 Å². The summed E-state index contributed by atoms with van der Waals surface area (Å²) in [6, 6.07) is 9.62. The maximum absolute atomic E-state index is 12.7. The molecule has 2 amide bonds. The molecule has 1 aromatic carbocycles. The van der Waals surface area contributed by atoms with E-state index in [1.54, 1.807) is 0 Å². The zero-order valence-electron chi connectivity index (χ0n) is 16.9. The summed E-state index contributed by atoms with van der Waals surface area (Å²) in [6.45, 7) is 4.64. The number of benzene rings is 1. The van der Waals surface area contributed by atoms with Gasteiger partial charge in [-0.1, -0.05) is 6.92 Å². The fourth-order valence-electron chi connectivity index (χ4n) is 2.90. The average Bonchev–Trinajstić information content (AvgIpc) is 3.39. The first-order chi connectivity index (χ1) is 14.5. The number of amides is 2. The van der Waals surface area contributed by atoms with Gasteiger partial charge < -0.3 is 10.1 Å². The number of hydrogen-bond donors (Lipinski definition) is 2. The van der Waals surface area contributed by atoms with Crippen molar-refractivity contribution in [1.82, 2.24) is 4.98 Å². The lowest BCUT2D eigenvalue weighted by Gasteiger charge is -2.04. The summed E-state index contributed by atoms with van der Waals surface area (Å²) < 4.78 is 5.61. The molecule has 0 bridgehead atoms. The molecule has 1 aliphatic rings. The maximum Gasteiger partial charge on any atom is 0.267 e. The molecule has 3 aromatic rings. The van der Waals surface area contributed by atoms with Crippen molar-refractivity contribution in [2.45, 2.75) is 33.1 Å². The number of anilines is 2. The average molecular weight is 442 g/mol. The molecule has 156 valence electrons. The van der Waals surface area contributed by atoms with Gasteiger partial charge in [-0.2, -0.15) is 0 Å². The molecular formula is C22H23N3O3S2. The van der Waals surface area contributed by atoms with Crippen molar-refractivity contribution in [3.8, 4) is 17.0 Å². The summed E-state index contributed by atoms with van der Waals surface area (Å²) in [6.07, 6.45) is 2.86. The Morgan fingerprint density at radius 3 is 2.67 bits per heavy atom. The number of nitrogens with zero attached hydrogens (tertiary/aromatic N) is 1. The van der Waals surface area contributed by atoms with Gasteiger partial charge in [0.15, 0.2) is 5.13 Å². The Bertz CT molecular complexity index is 1050. The van der Waals surface area contributed by atoms with Crippen molar-refractivity contribution in [1.29, 1.82) is 0 Å². The molecule has 1 aliphatic carbocycles. The van der Waals surface area contributed by atoms with Gasteiger partial charge in [-0.3, -0.25) is 14.9 Å². The van der Waals surface area contributed by atoms with Gasteiger partial charge in [0, 0.05) is 16.9 Å². The molecule has 0 saturated heterocycles. The van der Waals surface area contributed by atoms with Crippen molar-refractivity contribution in [2.24, 2.45) is 5.92 Å². The number of aryl methyl sites for hydroxylation is 1. The van der Waals surface area contributed by atoms with E-state index in [9.17, 15) is 9.59 Å². The number of rotatable bonds is 8. The highest BCUT2D eigenvalue weighted by Gasteiger charge is 2.30. The van der Waals surface area contributed by atoms with Crippen LogP contribution in [0.2, 0.25) is 0 Å². The minimum absolute atomic E-state index is 0.0406. The van der Waals surface area contributed by atoms with Gasteiger partial charge in [0.1, 0.15) is 5.75 Å². The van der Waals surface area contributed by atoms with Gasteiger partial charge in [-0.05, 0) is 62.1 Å². The first-order valence-electron chi connectivity index (χ1n) is 9.95. The standard InChI is InChI=1S/C22H23N3O3S2/c1-3-10-28-16-8-6-14(7-9-16)17-12-29-22(23-17)25-21(27)19-13(2)11-18(30-19)24-20(26)15-4-5-15/h6-9,11-12,15H,3-5,10H2,1-2H3,(H,24,26)(H,23,25,27). The minimum atomic E-state index is -0.214. The molecule has 0 aliphatic heterocycles. The van der Waals surface area contributed by atoms with Crippen LogP contribution in [-0.2, 0) is 4.79 Å². The second-order valence-electron chi connectivity index (χ2n) is 7.25. The highest BCUT2D eigenvalue weighted by atomic mass is 32.1. The van der Waals surface area contributed by atoms with E-state index in [0.717, 1.165) is 41.8 Å². The Kier molecular flexibility index (Phi) is 6.15. The smallest absolute Gasteiger partial charge is 0.267 e.